The number of nitrogens with one attached hydrogen (secondary N) is 1. The zero-order chi connectivity index (χ0) is 17.9. The minimum Gasteiger partial charge on any atom is -0.381 e. The van der Waals surface area contributed by atoms with Crippen LogP contribution in [0.25, 0.3) is 0 Å². The van der Waals surface area contributed by atoms with Gasteiger partial charge in [0.05, 0.1) is 5.41 Å². The summed E-state index contributed by atoms with van der Waals surface area (Å²) in [5.41, 5.74) is 2.20. The molecule has 1 aromatic heterocycles. The van der Waals surface area contributed by atoms with E-state index in [9.17, 15) is 4.79 Å². The lowest BCUT2D eigenvalue weighted by Gasteiger charge is -2.38. The summed E-state index contributed by atoms with van der Waals surface area (Å²) in [7, 11) is 0. The van der Waals surface area contributed by atoms with E-state index in [1.54, 1.807) is 11.3 Å². The SMILES string of the molecule is O=C(NCC1(c2ccsc2)CCCC1)C1(c2ccccc2)CCOCC1. The van der Waals surface area contributed by atoms with Crippen LogP contribution in [-0.2, 0) is 20.4 Å². The number of benzene rings is 1. The third-order valence-electron chi connectivity index (χ3n) is 6.39. The minimum absolute atomic E-state index is 0.124. The number of carbonyl (C=O) groups excluding carboxylic acids is 1. The maximum atomic E-state index is 13.4. The van der Waals surface area contributed by atoms with Crippen LogP contribution in [0.5, 0.6) is 0 Å². The summed E-state index contributed by atoms with van der Waals surface area (Å²) in [6, 6.07) is 12.5. The number of hydrogen-bond acceptors (Lipinski definition) is 3. The van der Waals surface area contributed by atoms with Crippen molar-refractivity contribution in [2.75, 3.05) is 19.8 Å². The first kappa shape index (κ1) is 17.7. The average Bonchev–Trinajstić information content (AvgIpc) is 3.40. The standard InChI is InChI=1S/C22H27NO2S/c24-20(22(11-13-25-14-12-22)18-6-2-1-3-7-18)23-17-21(9-4-5-10-21)19-8-15-26-16-19/h1-3,6-8,15-16H,4-5,9-14,17H2,(H,23,24). The second-order valence-electron chi connectivity index (χ2n) is 7.74. The number of carbonyl (C=O) groups is 1. The molecular formula is C22H27NO2S. The van der Waals surface area contributed by atoms with Gasteiger partial charge in [0.1, 0.15) is 0 Å². The second-order valence-corrected chi connectivity index (χ2v) is 8.52. The van der Waals surface area contributed by atoms with E-state index in [0.29, 0.717) is 13.2 Å². The third kappa shape index (κ3) is 3.21. The van der Waals surface area contributed by atoms with Crippen molar-refractivity contribution >= 4 is 17.2 Å². The van der Waals surface area contributed by atoms with Gasteiger partial charge in [-0.05, 0) is 53.6 Å². The molecule has 0 unspecified atom stereocenters. The molecule has 1 saturated carbocycles. The van der Waals surface area contributed by atoms with Gasteiger partial charge in [-0.1, -0.05) is 43.2 Å². The van der Waals surface area contributed by atoms with Crippen molar-refractivity contribution in [1.82, 2.24) is 5.32 Å². The van der Waals surface area contributed by atoms with E-state index >= 15 is 0 Å². The smallest absolute Gasteiger partial charge is 0.230 e. The topological polar surface area (TPSA) is 38.3 Å². The zero-order valence-electron chi connectivity index (χ0n) is 15.2. The van der Waals surface area contributed by atoms with Crippen molar-refractivity contribution in [1.29, 1.82) is 0 Å². The summed E-state index contributed by atoms with van der Waals surface area (Å²) in [5, 5.41) is 7.79. The van der Waals surface area contributed by atoms with Crippen molar-refractivity contribution in [3.05, 3.63) is 58.3 Å². The van der Waals surface area contributed by atoms with Crippen LogP contribution in [0.15, 0.2) is 47.2 Å². The number of rotatable bonds is 5. The molecule has 1 N–H and O–H groups in total. The monoisotopic (exact) mass is 369 g/mol. The van der Waals surface area contributed by atoms with E-state index in [2.05, 4.69) is 34.3 Å². The van der Waals surface area contributed by atoms with Gasteiger partial charge < -0.3 is 10.1 Å². The highest BCUT2D eigenvalue weighted by molar-refractivity contribution is 7.08. The molecule has 1 aromatic carbocycles. The number of hydrogen-bond donors (Lipinski definition) is 1. The molecule has 1 aliphatic heterocycles. The van der Waals surface area contributed by atoms with E-state index in [0.717, 1.165) is 24.9 Å². The molecule has 26 heavy (non-hydrogen) atoms. The molecule has 2 heterocycles. The van der Waals surface area contributed by atoms with Crippen molar-refractivity contribution < 1.29 is 9.53 Å². The lowest BCUT2D eigenvalue weighted by atomic mass is 9.73. The van der Waals surface area contributed by atoms with Crippen LogP contribution >= 0.6 is 11.3 Å². The molecular weight excluding hydrogens is 342 g/mol. The van der Waals surface area contributed by atoms with Crippen LogP contribution in [0.1, 0.15) is 49.7 Å². The van der Waals surface area contributed by atoms with E-state index in [1.807, 2.05) is 18.2 Å². The Morgan fingerprint density at radius 3 is 2.38 bits per heavy atom. The highest BCUT2D eigenvalue weighted by Crippen LogP contribution is 2.42. The van der Waals surface area contributed by atoms with Gasteiger partial charge in [-0.25, -0.2) is 0 Å². The minimum atomic E-state index is -0.450. The second kappa shape index (κ2) is 7.53. The fourth-order valence-corrected chi connectivity index (χ4v) is 5.51. The van der Waals surface area contributed by atoms with Crippen LogP contribution in [0, 0.1) is 0 Å². The molecule has 0 atom stereocenters. The van der Waals surface area contributed by atoms with Crippen molar-refractivity contribution in [2.24, 2.45) is 0 Å². The molecule has 0 bridgehead atoms. The molecule has 0 spiro atoms. The molecule has 1 saturated heterocycles. The third-order valence-corrected chi connectivity index (χ3v) is 7.07. The predicted molar refractivity (Wildman–Crippen MR) is 106 cm³/mol. The molecule has 4 heteroatoms. The van der Waals surface area contributed by atoms with Crippen molar-refractivity contribution in [2.45, 2.75) is 49.4 Å². The molecule has 2 aliphatic rings. The van der Waals surface area contributed by atoms with Crippen LogP contribution in [0.4, 0.5) is 0 Å². The largest absolute Gasteiger partial charge is 0.381 e. The maximum absolute atomic E-state index is 13.4. The summed E-state index contributed by atoms with van der Waals surface area (Å²) in [5.74, 6) is 0.175. The van der Waals surface area contributed by atoms with Gasteiger partial charge in [0.25, 0.3) is 0 Å². The van der Waals surface area contributed by atoms with Gasteiger partial charge in [-0.3, -0.25) is 4.79 Å². The zero-order valence-corrected chi connectivity index (χ0v) is 16.0. The summed E-state index contributed by atoms with van der Waals surface area (Å²) in [4.78, 5) is 13.4. The molecule has 2 aromatic rings. The number of amides is 1. The van der Waals surface area contributed by atoms with Gasteiger partial charge in [0.2, 0.25) is 5.91 Å². The molecule has 138 valence electrons. The fraction of sp³-hybridized carbons (Fsp3) is 0.500. The molecule has 4 rings (SSSR count). The maximum Gasteiger partial charge on any atom is 0.230 e. The van der Waals surface area contributed by atoms with Gasteiger partial charge >= 0.3 is 0 Å². The number of ether oxygens (including phenoxy) is 1. The molecule has 3 nitrogen and oxygen atoms in total. The summed E-state index contributed by atoms with van der Waals surface area (Å²) in [6.45, 7) is 2.05. The molecule has 1 aliphatic carbocycles. The average molecular weight is 370 g/mol. The van der Waals surface area contributed by atoms with Crippen LogP contribution in [-0.4, -0.2) is 25.7 Å². The van der Waals surface area contributed by atoms with Gasteiger partial charge in [-0.15, -0.1) is 0 Å². The summed E-state index contributed by atoms with van der Waals surface area (Å²) >= 11 is 1.75. The predicted octanol–water partition coefficient (Wildman–Crippen LogP) is 4.42. The Kier molecular flexibility index (Phi) is 5.14. The van der Waals surface area contributed by atoms with E-state index in [-0.39, 0.29) is 11.3 Å². The highest BCUT2D eigenvalue weighted by Gasteiger charge is 2.43. The Morgan fingerprint density at radius 2 is 1.73 bits per heavy atom. The molecule has 1 amide bonds. The first-order valence-electron chi connectivity index (χ1n) is 9.70. The lowest BCUT2D eigenvalue weighted by Crippen LogP contribution is -2.51. The number of thiophene rings is 1. The highest BCUT2D eigenvalue weighted by atomic mass is 32.1. The Bertz CT molecular complexity index is 714. The summed E-state index contributed by atoms with van der Waals surface area (Å²) in [6.07, 6.45) is 6.37. The van der Waals surface area contributed by atoms with Gasteiger partial charge in [-0.2, -0.15) is 11.3 Å². The van der Waals surface area contributed by atoms with E-state index < -0.39 is 5.41 Å². The molecule has 2 fully saturated rings. The Balaban J connectivity index is 1.55. The Labute approximate surface area is 159 Å². The van der Waals surface area contributed by atoms with Crippen LogP contribution < -0.4 is 5.32 Å². The lowest BCUT2D eigenvalue weighted by molar-refractivity contribution is -0.130. The summed E-state index contributed by atoms with van der Waals surface area (Å²) < 4.78 is 5.57. The van der Waals surface area contributed by atoms with Crippen LogP contribution in [0.2, 0.25) is 0 Å². The Hall–Kier alpha value is -1.65. The van der Waals surface area contributed by atoms with E-state index in [4.69, 9.17) is 4.74 Å². The van der Waals surface area contributed by atoms with Gasteiger partial charge in [0, 0.05) is 25.2 Å². The van der Waals surface area contributed by atoms with Gasteiger partial charge in [0.15, 0.2) is 0 Å². The Morgan fingerprint density at radius 1 is 1.00 bits per heavy atom. The van der Waals surface area contributed by atoms with E-state index in [1.165, 1.54) is 31.2 Å². The quantitative estimate of drug-likeness (QED) is 0.847. The first-order chi connectivity index (χ1) is 12.8. The first-order valence-corrected chi connectivity index (χ1v) is 10.6. The van der Waals surface area contributed by atoms with Crippen LogP contribution in [0.3, 0.4) is 0 Å². The fourth-order valence-electron chi connectivity index (χ4n) is 4.73. The molecule has 0 radical (unpaired) electrons. The van der Waals surface area contributed by atoms with Crippen molar-refractivity contribution in [3.63, 3.8) is 0 Å². The normalized spacial score (nSPS) is 21.4. The van der Waals surface area contributed by atoms with Crippen molar-refractivity contribution in [3.8, 4) is 0 Å².